The highest BCUT2D eigenvalue weighted by Gasteiger charge is 2.44. The maximum absolute atomic E-state index is 11.1. The van der Waals surface area contributed by atoms with Crippen molar-refractivity contribution in [3.8, 4) is 6.07 Å². The second kappa shape index (κ2) is 5.40. The van der Waals surface area contributed by atoms with Gasteiger partial charge in [-0.15, -0.1) is 0 Å². The third-order valence-corrected chi connectivity index (χ3v) is 4.41. The SMILES string of the molecule is CC1(O)CN(C(=O)O)CC1Nc1c(C#N)cnn2cc(Br)cc12. The van der Waals surface area contributed by atoms with E-state index in [0.29, 0.717) is 16.8 Å². The first-order valence-electron chi connectivity index (χ1n) is 6.85. The van der Waals surface area contributed by atoms with Gasteiger partial charge in [0.1, 0.15) is 11.7 Å². The van der Waals surface area contributed by atoms with Gasteiger partial charge in [0.25, 0.3) is 0 Å². The van der Waals surface area contributed by atoms with Crippen molar-refractivity contribution in [1.82, 2.24) is 14.5 Å². The van der Waals surface area contributed by atoms with Gasteiger partial charge in [-0.1, -0.05) is 0 Å². The van der Waals surface area contributed by atoms with Crippen LogP contribution in [0.1, 0.15) is 12.5 Å². The molecule has 3 N–H and O–H groups in total. The van der Waals surface area contributed by atoms with Crippen molar-refractivity contribution < 1.29 is 15.0 Å². The van der Waals surface area contributed by atoms with Crippen LogP contribution in [0, 0.1) is 11.3 Å². The lowest BCUT2D eigenvalue weighted by molar-refractivity contribution is 0.0599. The number of anilines is 1. The molecule has 1 fully saturated rings. The predicted molar refractivity (Wildman–Crippen MR) is 85.2 cm³/mol. The van der Waals surface area contributed by atoms with E-state index in [4.69, 9.17) is 5.11 Å². The highest BCUT2D eigenvalue weighted by molar-refractivity contribution is 9.10. The van der Waals surface area contributed by atoms with Crippen molar-refractivity contribution in [2.45, 2.75) is 18.6 Å². The Morgan fingerprint density at radius 1 is 1.65 bits per heavy atom. The zero-order valence-corrected chi connectivity index (χ0v) is 13.8. The van der Waals surface area contributed by atoms with Gasteiger partial charge in [-0.25, -0.2) is 9.31 Å². The van der Waals surface area contributed by atoms with Crippen LogP contribution in [0.5, 0.6) is 0 Å². The number of β-amino-alcohol motifs (C(OH)–C–C–N with tert-alkyl or cyclic N) is 1. The molecule has 0 radical (unpaired) electrons. The standard InChI is InChI=1S/C14H14BrN5O3/c1-14(23)7-19(13(21)22)6-11(14)18-12-8(3-16)4-17-20-5-9(15)2-10(12)20/h2,4-5,11,18,23H,6-7H2,1H3,(H,21,22). The Balaban J connectivity index is 2.01. The summed E-state index contributed by atoms with van der Waals surface area (Å²) in [7, 11) is 0. The van der Waals surface area contributed by atoms with Crippen molar-refractivity contribution in [3.63, 3.8) is 0 Å². The lowest BCUT2D eigenvalue weighted by Gasteiger charge is -2.26. The minimum absolute atomic E-state index is 0.00790. The van der Waals surface area contributed by atoms with Crippen LogP contribution < -0.4 is 5.32 Å². The molecule has 120 valence electrons. The van der Waals surface area contributed by atoms with E-state index in [1.54, 1.807) is 23.7 Å². The van der Waals surface area contributed by atoms with E-state index in [2.05, 4.69) is 32.4 Å². The summed E-state index contributed by atoms with van der Waals surface area (Å²) in [6.45, 7) is 1.71. The molecule has 9 heteroatoms. The van der Waals surface area contributed by atoms with Crippen LogP contribution in [0.4, 0.5) is 10.5 Å². The molecule has 23 heavy (non-hydrogen) atoms. The molecule has 1 aliphatic rings. The van der Waals surface area contributed by atoms with Crippen molar-refractivity contribution in [1.29, 1.82) is 5.26 Å². The van der Waals surface area contributed by atoms with E-state index in [0.717, 1.165) is 9.37 Å². The van der Waals surface area contributed by atoms with Gasteiger partial charge in [-0.2, -0.15) is 10.4 Å². The minimum atomic E-state index is -1.24. The van der Waals surface area contributed by atoms with Gasteiger partial charge in [0.05, 0.1) is 35.6 Å². The Morgan fingerprint density at radius 3 is 3.00 bits per heavy atom. The van der Waals surface area contributed by atoms with E-state index in [1.807, 2.05) is 0 Å². The summed E-state index contributed by atoms with van der Waals surface area (Å²) < 4.78 is 2.40. The van der Waals surface area contributed by atoms with Gasteiger partial charge >= 0.3 is 6.09 Å². The third kappa shape index (κ3) is 2.71. The Hall–Kier alpha value is -2.31. The first kappa shape index (κ1) is 15.6. The first-order chi connectivity index (χ1) is 10.8. The van der Waals surface area contributed by atoms with Crippen molar-refractivity contribution in [2.24, 2.45) is 0 Å². The number of likely N-dealkylation sites (tertiary alicyclic amines) is 1. The molecule has 0 bridgehead atoms. The molecule has 1 amide bonds. The number of aliphatic hydroxyl groups is 1. The van der Waals surface area contributed by atoms with Crippen LogP contribution in [-0.2, 0) is 0 Å². The number of nitrogens with zero attached hydrogens (tertiary/aromatic N) is 4. The highest BCUT2D eigenvalue weighted by atomic mass is 79.9. The summed E-state index contributed by atoms with van der Waals surface area (Å²) in [6, 6.07) is 3.33. The van der Waals surface area contributed by atoms with Crippen LogP contribution in [-0.4, -0.2) is 55.6 Å². The number of hydrogen-bond donors (Lipinski definition) is 3. The molecular weight excluding hydrogens is 366 g/mol. The van der Waals surface area contributed by atoms with Gasteiger partial charge < -0.3 is 20.4 Å². The summed E-state index contributed by atoms with van der Waals surface area (Å²) in [5, 5.41) is 36.2. The minimum Gasteiger partial charge on any atom is -0.465 e. The lowest BCUT2D eigenvalue weighted by atomic mass is 10.00. The van der Waals surface area contributed by atoms with E-state index >= 15 is 0 Å². The highest BCUT2D eigenvalue weighted by Crippen LogP contribution is 2.30. The van der Waals surface area contributed by atoms with Crippen LogP contribution in [0.2, 0.25) is 0 Å². The Kier molecular flexibility index (Phi) is 3.66. The number of carbonyl (C=O) groups is 1. The van der Waals surface area contributed by atoms with Crippen molar-refractivity contribution in [3.05, 3.63) is 28.5 Å². The van der Waals surface area contributed by atoms with Gasteiger partial charge in [0.15, 0.2) is 0 Å². The lowest BCUT2D eigenvalue weighted by Crippen LogP contribution is -2.43. The van der Waals surface area contributed by atoms with E-state index in [-0.39, 0.29) is 13.1 Å². The van der Waals surface area contributed by atoms with Gasteiger partial charge in [0, 0.05) is 17.2 Å². The number of hydrogen-bond acceptors (Lipinski definition) is 5. The van der Waals surface area contributed by atoms with E-state index in [9.17, 15) is 15.2 Å². The second-order valence-corrected chi connectivity index (χ2v) is 6.67. The van der Waals surface area contributed by atoms with Crippen LogP contribution in [0.3, 0.4) is 0 Å². The zero-order chi connectivity index (χ0) is 16.8. The average molecular weight is 380 g/mol. The number of fused-ring (bicyclic) bond motifs is 1. The van der Waals surface area contributed by atoms with Crippen LogP contribution in [0.15, 0.2) is 22.9 Å². The van der Waals surface area contributed by atoms with Crippen LogP contribution >= 0.6 is 15.9 Å². The Labute approximate surface area is 140 Å². The number of nitrogens with one attached hydrogen (secondary N) is 1. The molecule has 2 aromatic heterocycles. The molecule has 3 rings (SSSR count). The third-order valence-electron chi connectivity index (χ3n) is 3.98. The molecule has 3 heterocycles. The zero-order valence-electron chi connectivity index (χ0n) is 12.2. The molecule has 2 aromatic rings. The first-order valence-corrected chi connectivity index (χ1v) is 7.65. The summed E-state index contributed by atoms with van der Waals surface area (Å²) in [4.78, 5) is 12.3. The number of carboxylic acid groups (broad SMARTS) is 1. The molecule has 1 saturated heterocycles. The maximum atomic E-state index is 11.1. The number of halogens is 1. The molecule has 2 atom stereocenters. The maximum Gasteiger partial charge on any atom is 0.407 e. The number of aromatic nitrogens is 2. The van der Waals surface area contributed by atoms with E-state index < -0.39 is 17.7 Å². The summed E-state index contributed by atoms with van der Waals surface area (Å²) >= 11 is 3.36. The molecule has 8 nitrogen and oxygen atoms in total. The van der Waals surface area contributed by atoms with Crippen molar-refractivity contribution >= 4 is 33.2 Å². The monoisotopic (exact) mass is 379 g/mol. The van der Waals surface area contributed by atoms with Gasteiger partial charge in [0.2, 0.25) is 0 Å². The molecule has 0 aromatic carbocycles. The Morgan fingerprint density at radius 2 is 2.39 bits per heavy atom. The fourth-order valence-electron chi connectivity index (χ4n) is 2.76. The number of rotatable bonds is 2. The molecule has 0 spiro atoms. The normalized spacial score (nSPS) is 23.9. The predicted octanol–water partition coefficient (Wildman–Crippen LogP) is 1.49. The second-order valence-electron chi connectivity index (χ2n) is 5.75. The quantitative estimate of drug-likeness (QED) is 0.728. The molecule has 0 saturated carbocycles. The molecule has 2 unspecified atom stereocenters. The fraction of sp³-hybridized carbons (Fsp3) is 0.357. The van der Waals surface area contributed by atoms with Crippen molar-refractivity contribution in [2.75, 3.05) is 18.4 Å². The average Bonchev–Trinajstić information content (AvgIpc) is 2.99. The number of amides is 1. The Bertz CT molecular complexity index is 826. The summed E-state index contributed by atoms with van der Waals surface area (Å²) in [5.41, 5.74) is 0.272. The largest absolute Gasteiger partial charge is 0.465 e. The van der Waals surface area contributed by atoms with E-state index in [1.165, 1.54) is 6.20 Å². The fourth-order valence-corrected chi connectivity index (χ4v) is 3.17. The van der Waals surface area contributed by atoms with Gasteiger partial charge in [-0.3, -0.25) is 0 Å². The molecular formula is C14H14BrN5O3. The number of nitriles is 1. The summed E-state index contributed by atoms with van der Waals surface area (Å²) in [6.07, 6.45) is 2.10. The topological polar surface area (TPSA) is 114 Å². The van der Waals surface area contributed by atoms with Crippen LogP contribution in [0.25, 0.3) is 5.52 Å². The molecule has 1 aliphatic heterocycles. The molecule has 0 aliphatic carbocycles. The smallest absolute Gasteiger partial charge is 0.407 e. The summed E-state index contributed by atoms with van der Waals surface area (Å²) in [5.74, 6) is 0. The van der Waals surface area contributed by atoms with Gasteiger partial charge in [-0.05, 0) is 28.9 Å².